The maximum Gasteiger partial charge on any atom is 0.303 e. The van der Waals surface area contributed by atoms with Crippen molar-refractivity contribution in [2.45, 2.75) is 19.4 Å². The Morgan fingerprint density at radius 3 is 2.63 bits per heavy atom. The van der Waals surface area contributed by atoms with Crippen molar-refractivity contribution in [2.24, 2.45) is 0 Å². The van der Waals surface area contributed by atoms with Gasteiger partial charge in [0.25, 0.3) is 5.56 Å². The molecule has 0 aliphatic carbocycles. The van der Waals surface area contributed by atoms with Crippen molar-refractivity contribution in [3.05, 3.63) is 47.0 Å². The van der Waals surface area contributed by atoms with Crippen molar-refractivity contribution < 1.29 is 9.90 Å². The van der Waals surface area contributed by atoms with Crippen LogP contribution in [0, 0.1) is 0 Å². The molecule has 0 fully saturated rings. The summed E-state index contributed by atoms with van der Waals surface area (Å²) in [6.07, 6.45) is 3.70. The molecule has 0 bridgehead atoms. The van der Waals surface area contributed by atoms with Crippen molar-refractivity contribution >= 4 is 5.97 Å². The van der Waals surface area contributed by atoms with E-state index in [1.165, 1.54) is 10.7 Å². The predicted molar refractivity (Wildman–Crippen MR) is 68.6 cm³/mol. The highest BCUT2D eigenvalue weighted by Gasteiger charge is 2.04. The molecule has 0 aliphatic rings. The van der Waals surface area contributed by atoms with E-state index < -0.39 is 5.97 Å². The summed E-state index contributed by atoms with van der Waals surface area (Å²) in [5.41, 5.74) is 1.29. The number of nitrogens with zero attached hydrogens (tertiary/aromatic N) is 3. The molecule has 2 rings (SSSR count). The maximum atomic E-state index is 11.6. The molecular weight excluding hydrogens is 246 g/mol. The number of carboxylic acid groups (broad SMARTS) is 1. The summed E-state index contributed by atoms with van der Waals surface area (Å²) >= 11 is 0. The molecule has 0 atom stereocenters. The van der Waals surface area contributed by atoms with Gasteiger partial charge in [-0.05, 0) is 24.6 Å². The Bertz CT molecular complexity index is 623. The molecule has 19 heavy (non-hydrogen) atoms. The van der Waals surface area contributed by atoms with Crippen LogP contribution in [0.4, 0.5) is 0 Å². The van der Waals surface area contributed by atoms with Crippen LogP contribution in [0.5, 0.6) is 0 Å². The number of pyridine rings is 1. The first-order valence-corrected chi connectivity index (χ1v) is 5.87. The highest BCUT2D eigenvalue weighted by atomic mass is 16.4. The standard InChI is InChI=1S/C13H13N3O3/c17-12-4-3-11(10-5-7-14-8-6-10)15-16(12)9-1-2-13(18)19/h3-8H,1-2,9H2,(H,18,19). The second-order valence-electron chi connectivity index (χ2n) is 4.01. The molecule has 0 aromatic carbocycles. The molecule has 0 spiro atoms. The van der Waals surface area contributed by atoms with Crippen molar-refractivity contribution in [3.8, 4) is 11.3 Å². The third kappa shape index (κ3) is 3.48. The average molecular weight is 259 g/mol. The predicted octanol–water partition coefficient (Wildman–Crippen LogP) is 1.17. The minimum absolute atomic E-state index is 0.0214. The highest BCUT2D eigenvalue weighted by molar-refractivity contribution is 5.66. The molecular formula is C13H13N3O3. The number of hydrogen-bond acceptors (Lipinski definition) is 4. The van der Waals surface area contributed by atoms with Crippen molar-refractivity contribution in [1.29, 1.82) is 0 Å². The number of aryl methyl sites for hydroxylation is 1. The molecule has 0 saturated carbocycles. The fraction of sp³-hybridized carbons (Fsp3) is 0.231. The van der Waals surface area contributed by atoms with Crippen molar-refractivity contribution in [2.75, 3.05) is 0 Å². The van der Waals surface area contributed by atoms with E-state index in [9.17, 15) is 9.59 Å². The third-order valence-electron chi connectivity index (χ3n) is 2.60. The Balaban J connectivity index is 2.20. The summed E-state index contributed by atoms with van der Waals surface area (Å²) in [7, 11) is 0. The SMILES string of the molecule is O=C(O)CCCn1nc(-c2ccncc2)ccc1=O. The Morgan fingerprint density at radius 1 is 1.21 bits per heavy atom. The van der Waals surface area contributed by atoms with Crippen molar-refractivity contribution in [3.63, 3.8) is 0 Å². The normalized spacial score (nSPS) is 10.3. The molecule has 2 heterocycles. The number of carbonyl (C=O) groups is 1. The second kappa shape index (κ2) is 5.90. The van der Waals surface area contributed by atoms with Gasteiger partial charge in [0, 0.05) is 37.0 Å². The molecule has 0 radical (unpaired) electrons. The van der Waals surface area contributed by atoms with Crippen LogP contribution in [0.1, 0.15) is 12.8 Å². The van der Waals surface area contributed by atoms with Crippen molar-refractivity contribution in [1.82, 2.24) is 14.8 Å². The second-order valence-corrected chi connectivity index (χ2v) is 4.01. The number of rotatable bonds is 5. The molecule has 2 aromatic rings. The van der Waals surface area contributed by atoms with Gasteiger partial charge in [-0.3, -0.25) is 14.6 Å². The largest absolute Gasteiger partial charge is 0.481 e. The first-order chi connectivity index (χ1) is 9.16. The fourth-order valence-electron chi connectivity index (χ4n) is 1.67. The fourth-order valence-corrected chi connectivity index (χ4v) is 1.67. The smallest absolute Gasteiger partial charge is 0.303 e. The van der Waals surface area contributed by atoms with E-state index in [-0.39, 0.29) is 12.0 Å². The number of aromatic nitrogens is 3. The first kappa shape index (κ1) is 12.9. The van der Waals surface area contributed by atoms with Crippen LogP contribution in [0.15, 0.2) is 41.5 Å². The molecule has 0 aliphatic heterocycles. The van der Waals surface area contributed by atoms with Gasteiger partial charge in [0.05, 0.1) is 5.69 Å². The molecule has 6 heteroatoms. The van der Waals surface area contributed by atoms with Gasteiger partial charge in [0.2, 0.25) is 0 Å². The molecule has 0 amide bonds. The highest BCUT2D eigenvalue weighted by Crippen LogP contribution is 2.13. The summed E-state index contributed by atoms with van der Waals surface area (Å²) in [5, 5.41) is 12.8. The number of hydrogen-bond donors (Lipinski definition) is 1. The van der Waals surface area contributed by atoms with Crippen LogP contribution in [0.3, 0.4) is 0 Å². The lowest BCUT2D eigenvalue weighted by atomic mass is 10.2. The Kier molecular flexibility index (Phi) is 4.02. The van der Waals surface area contributed by atoms with E-state index in [0.717, 1.165) is 5.56 Å². The topological polar surface area (TPSA) is 85.1 Å². The summed E-state index contributed by atoms with van der Waals surface area (Å²) < 4.78 is 1.29. The van der Waals surface area contributed by atoms with Gasteiger partial charge in [0.15, 0.2) is 0 Å². The van der Waals surface area contributed by atoms with Gasteiger partial charge >= 0.3 is 5.97 Å². The Labute approximate surface area is 109 Å². The zero-order chi connectivity index (χ0) is 13.7. The molecule has 0 saturated heterocycles. The number of carboxylic acids is 1. The van der Waals surface area contributed by atoms with E-state index in [2.05, 4.69) is 10.1 Å². The summed E-state index contributed by atoms with van der Waals surface area (Å²) in [5.74, 6) is -0.877. The van der Waals surface area contributed by atoms with Gasteiger partial charge in [-0.2, -0.15) is 5.10 Å². The molecule has 98 valence electrons. The van der Waals surface area contributed by atoms with Crippen LogP contribution in [-0.4, -0.2) is 25.8 Å². The minimum atomic E-state index is -0.877. The lowest BCUT2D eigenvalue weighted by molar-refractivity contribution is -0.137. The average Bonchev–Trinajstić information content (AvgIpc) is 2.41. The Morgan fingerprint density at radius 2 is 1.95 bits per heavy atom. The number of aliphatic carboxylic acids is 1. The van der Waals surface area contributed by atoms with E-state index in [1.807, 2.05) is 0 Å². The van der Waals surface area contributed by atoms with E-state index in [0.29, 0.717) is 18.7 Å². The van der Waals surface area contributed by atoms with Crippen LogP contribution in [0.25, 0.3) is 11.3 Å². The molecule has 6 nitrogen and oxygen atoms in total. The summed E-state index contributed by atoms with van der Waals surface area (Å²) in [4.78, 5) is 26.0. The zero-order valence-electron chi connectivity index (χ0n) is 10.2. The van der Waals surface area contributed by atoms with E-state index in [4.69, 9.17) is 5.11 Å². The Hall–Kier alpha value is -2.50. The lowest BCUT2D eigenvalue weighted by Gasteiger charge is -2.06. The third-order valence-corrected chi connectivity index (χ3v) is 2.60. The van der Waals surface area contributed by atoms with E-state index >= 15 is 0 Å². The van der Waals surface area contributed by atoms with Crippen LogP contribution < -0.4 is 5.56 Å². The monoisotopic (exact) mass is 259 g/mol. The quantitative estimate of drug-likeness (QED) is 0.871. The van der Waals surface area contributed by atoms with Gasteiger partial charge in [-0.15, -0.1) is 0 Å². The molecule has 1 N–H and O–H groups in total. The van der Waals surface area contributed by atoms with Gasteiger partial charge < -0.3 is 5.11 Å². The van der Waals surface area contributed by atoms with Gasteiger partial charge in [0.1, 0.15) is 0 Å². The van der Waals surface area contributed by atoms with Crippen LogP contribution >= 0.6 is 0 Å². The maximum absolute atomic E-state index is 11.6. The first-order valence-electron chi connectivity index (χ1n) is 5.87. The van der Waals surface area contributed by atoms with Crippen LogP contribution in [-0.2, 0) is 11.3 Å². The minimum Gasteiger partial charge on any atom is -0.481 e. The summed E-state index contributed by atoms with van der Waals surface area (Å²) in [6.45, 7) is 0.296. The zero-order valence-corrected chi connectivity index (χ0v) is 10.2. The lowest BCUT2D eigenvalue weighted by Crippen LogP contribution is -2.22. The van der Waals surface area contributed by atoms with Gasteiger partial charge in [-0.25, -0.2) is 4.68 Å². The molecule has 2 aromatic heterocycles. The van der Waals surface area contributed by atoms with E-state index in [1.54, 1.807) is 30.6 Å². The summed E-state index contributed by atoms with van der Waals surface area (Å²) in [6, 6.07) is 6.68. The molecule has 0 unspecified atom stereocenters. The van der Waals surface area contributed by atoms with Gasteiger partial charge in [-0.1, -0.05) is 0 Å². The van der Waals surface area contributed by atoms with Crippen LogP contribution in [0.2, 0.25) is 0 Å².